The van der Waals surface area contributed by atoms with E-state index in [0.717, 1.165) is 0 Å². The molecule has 47 valence electrons. The van der Waals surface area contributed by atoms with Crippen molar-refractivity contribution < 1.29 is 5.11 Å². The molecule has 0 bridgehead atoms. The first-order valence-electron chi connectivity index (χ1n) is 2.01. The monoisotopic (exact) mass is 145 g/mol. The number of aromatic hydroxyl groups is 1. The van der Waals surface area contributed by atoms with Crippen LogP contribution in [0.15, 0.2) is 0 Å². The lowest BCUT2D eigenvalue weighted by molar-refractivity contribution is 0.441. The van der Waals surface area contributed by atoms with E-state index in [1.165, 1.54) is 0 Å². The Labute approximate surface area is 55.5 Å². The highest BCUT2D eigenvalue weighted by Gasteiger charge is 2.04. The highest BCUT2D eigenvalue weighted by atomic mass is 35.5. The number of hydrogen-bond donors (Lipinski definition) is 1. The number of halogens is 1. The van der Waals surface area contributed by atoms with Crippen LogP contribution in [0.1, 0.15) is 0 Å². The molecule has 1 aromatic heterocycles. The quantitative estimate of drug-likeness (QED) is 0.563. The van der Waals surface area contributed by atoms with Gasteiger partial charge in [0.2, 0.25) is 0 Å². The molecule has 0 fully saturated rings. The van der Waals surface area contributed by atoms with Crippen molar-refractivity contribution in [3.63, 3.8) is 0 Å². The van der Waals surface area contributed by atoms with E-state index < -0.39 is 5.88 Å². The molecule has 0 aliphatic carbocycles. The maximum absolute atomic E-state index is 8.63. The zero-order valence-corrected chi connectivity index (χ0v) is 4.92. The van der Waals surface area contributed by atoms with Crippen LogP contribution in [0.2, 0.25) is 5.02 Å². The fourth-order valence-corrected chi connectivity index (χ4v) is 0.379. The standard InChI is InChI=1S/C3H2ClN4O/c4-1-2(5)6-8-7-3(1)9/h5H,(H,6,7,9). The molecule has 0 spiro atoms. The Morgan fingerprint density at radius 2 is 2.11 bits per heavy atom. The normalized spacial score (nSPS) is 9.44. The Kier molecular flexibility index (Phi) is 1.35. The van der Waals surface area contributed by atoms with Crippen molar-refractivity contribution in [2.45, 2.75) is 0 Å². The summed E-state index contributed by atoms with van der Waals surface area (Å²) in [5.41, 5.74) is 6.85. The third-order valence-corrected chi connectivity index (χ3v) is 1.04. The lowest BCUT2D eigenvalue weighted by Gasteiger charge is -1.91. The molecule has 0 saturated heterocycles. The fraction of sp³-hybridized carbons (Fsp3) is 0. The summed E-state index contributed by atoms with van der Waals surface area (Å²) in [6, 6.07) is 0. The molecular weight excluding hydrogens is 144 g/mol. The summed E-state index contributed by atoms with van der Waals surface area (Å²) in [5.74, 6) is -0.735. The van der Waals surface area contributed by atoms with Gasteiger partial charge in [0, 0.05) is 0 Å². The van der Waals surface area contributed by atoms with Gasteiger partial charge >= 0.3 is 0 Å². The summed E-state index contributed by atoms with van der Waals surface area (Å²) in [7, 11) is 0. The molecule has 1 heterocycles. The minimum absolute atomic E-state index is 0.176. The zero-order chi connectivity index (χ0) is 6.85. The van der Waals surface area contributed by atoms with E-state index in [9.17, 15) is 0 Å². The van der Waals surface area contributed by atoms with Gasteiger partial charge in [-0.2, -0.15) is 0 Å². The van der Waals surface area contributed by atoms with Gasteiger partial charge in [0.25, 0.3) is 5.88 Å². The maximum atomic E-state index is 8.63. The van der Waals surface area contributed by atoms with Crippen molar-refractivity contribution >= 4 is 17.4 Å². The van der Waals surface area contributed by atoms with Crippen LogP contribution in [-0.2, 0) is 0 Å². The van der Waals surface area contributed by atoms with E-state index in [1.54, 1.807) is 0 Å². The molecular formula is C3H2ClN4O. The molecule has 2 N–H and O–H groups in total. The fourth-order valence-electron chi connectivity index (χ4n) is 0.303. The molecule has 1 rings (SSSR count). The molecule has 0 atom stereocenters. The molecule has 0 unspecified atom stereocenters. The van der Waals surface area contributed by atoms with E-state index in [2.05, 4.69) is 15.4 Å². The summed E-state index contributed by atoms with van der Waals surface area (Å²) >= 11 is 5.28. The minimum Gasteiger partial charge on any atom is -0.491 e. The van der Waals surface area contributed by atoms with E-state index in [-0.39, 0.29) is 10.8 Å². The SMILES string of the molecule is [NH]c1nnnc(O)c1Cl. The molecule has 0 saturated carbocycles. The molecule has 0 aliphatic heterocycles. The van der Waals surface area contributed by atoms with Gasteiger partial charge < -0.3 is 5.11 Å². The van der Waals surface area contributed by atoms with Crippen LogP contribution in [0.3, 0.4) is 0 Å². The largest absolute Gasteiger partial charge is 0.491 e. The smallest absolute Gasteiger partial charge is 0.255 e. The lowest BCUT2D eigenvalue weighted by Crippen LogP contribution is -1.88. The first-order chi connectivity index (χ1) is 4.22. The Hall–Kier alpha value is -1.10. The average molecular weight is 146 g/mol. The molecule has 5 nitrogen and oxygen atoms in total. The second-order valence-corrected chi connectivity index (χ2v) is 1.65. The van der Waals surface area contributed by atoms with Gasteiger partial charge in [0.05, 0.1) is 0 Å². The van der Waals surface area contributed by atoms with Crippen molar-refractivity contribution in [1.29, 1.82) is 0 Å². The first kappa shape index (κ1) is 6.03. The third kappa shape index (κ3) is 0.996. The Balaban J connectivity index is 3.25. The minimum atomic E-state index is -0.461. The van der Waals surface area contributed by atoms with Gasteiger partial charge in [-0.25, -0.2) is 0 Å². The van der Waals surface area contributed by atoms with Crippen molar-refractivity contribution in [2.75, 3.05) is 0 Å². The Bertz CT molecular complexity index is 207. The predicted molar refractivity (Wildman–Crippen MR) is 29.3 cm³/mol. The number of aromatic nitrogens is 3. The predicted octanol–water partition coefficient (Wildman–Crippen LogP) is 0.145. The van der Waals surface area contributed by atoms with Crippen molar-refractivity contribution in [1.82, 2.24) is 21.1 Å². The number of nitrogens with zero attached hydrogens (tertiary/aromatic N) is 3. The van der Waals surface area contributed by atoms with Gasteiger partial charge in [-0.05, 0) is 5.21 Å². The summed E-state index contributed by atoms with van der Waals surface area (Å²) < 4.78 is 0. The van der Waals surface area contributed by atoms with Crippen LogP contribution in [-0.4, -0.2) is 20.5 Å². The molecule has 1 aromatic rings. The second-order valence-electron chi connectivity index (χ2n) is 1.28. The van der Waals surface area contributed by atoms with Gasteiger partial charge in [0.15, 0.2) is 10.8 Å². The van der Waals surface area contributed by atoms with Crippen LogP contribution in [0, 0.1) is 0 Å². The van der Waals surface area contributed by atoms with Crippen LogP contribution in [0.25, 0.3) is 0 Å². The number of nitrogens with one attached hydrogen (secondary N) is 1. The van der Waals surface area contributed by atoms with E-state index in [4.69, 9.17) is 22.4 Å². The molecule has 0 aliphatic rings. The number of hydrogen-bond acceptors (Lipinski definition) is 4. The summed E-state index contributed by atoms with van der Waals surface area (Å²) in [5, 5.41) is 17.7. The van der Waals surface area contributed by atoms with E-state index >= 15 is 0 Å². The summed E-state index contributed by atoms with van der Waals surface area (Å²) in [6.45, 7) is 0. The van der Waals surface area contributed by atoms with Crippen molar-refractivity contribution in [3.05, 3.63) is 5.02 Å². The Morgan fingerprint density at radius 1 is 1.44 bits per heavy atom. The molecule has 9 heavy (non-hydrogen) atoms. The molecule has 0 amide bonds. The van der Waals surface area contributed by atoms with Crippen LogP contribution in [0.4, 0.5) is 5.82 Å². The zero-order valence-electron chi connectivity index (χ0n) is 4.17. The molecule has 6 heteroatoms. The van der Waals surface area contributed by atoms with Crippen molar-refractivity contribution in [2.24, 2.45) is 0 Å². The maximum Gasteiger partial charge on any atom is 0.255 e. The van der Waals surface area contributed by atoms with Gasteiger partial charge in [0.1, 0.15) is 0 Å². The summed E-state index contributed by atoms with van der Waals surface area (Å²) in [6.07, 6.45) is 0. The van der Waals surface area contributed by atoms with Gasteiger partial charge in [-0.1, -0.05) is 16.7 Å². The first-order valence-corrected chi connectivity index (χ1v) is 2.39. The Morgan fingerprint density at radius 3 is 2.56 bits per heavy atom. The van der Waals surface area contributed by atoms with Gasteiger partial charge in [-0.3, -0.25) is 5.73 Å². The van der Waals surface area contributed by atoms with Crippen LogP contribution >= 0.6 is 11.6 Å². The van der Waals surface area contributed by atoms with Crippen LogP contribution < -0.4 is 5.73 Å². The molecule has 1 radical (unpaired) electrons. The molecule has 0 aromatic carbocycles. The second kappa shape index (κ2) is 2.02. The lowest BCUT2D eigenvalue weighted by atomic mass is 10.6. The third-order valence-electron chi connectivity index (χ3n) is 0.688. The average Bonchev–Trinajstić information content (AvgIpc) is 1.83. The highest BCUT2D eigenvalue weighted by Crippen LogP contribution is 2.23. The van der Waals surface area contributed by atoms with Gasteiger partial charge in [-0.15, -0.1) is 5.10 Å². The number of rotatable bonds is 0. The van der Waals surface area contributed by atoms with E-state index in [0.29, 0.717) is 0 Å². The summed E-state index contributed by atoms with van der Waals surface area (Å²) in [4.78, 5) is 0. The van der Waals surface area contributed by atoms with Crippen molar-refractivity contribution in [3.8, 4) is 5.88 Å². The van der Waals surface area contributed by atoms with Crippen LogP contribution in [0.5, 0.6) is 5.88 Å². The highest BCUT2D eigenvalue weighted by molar-refractivity contribution is 6.33. The topological polar surface area (TPSA) is 82.7 Å². The van der Waals surface area contributed by atoms with E-state index in [1.807, 2.05) is 0 Å².